The van der Waals surface area contributed by atoms with E-state index in [9.17, 15) is 31.1 Å². The van der Waals surface area contributed by atoms with Gasteiger partial charge in [0.1, 0.15) is 0 Å². The minimum absolute atomic E-state index is 0.102. The van der Waals surface area contributed by atoms with Gasteiger partial charge in [0.25, 0.3) is 0 Å². The summed E-state index contributed by atoms with van der Waals surface area (Å²) in [4.78, 5) is 11.2. The predicted molar refractivity (Wildman–Crippen MR) is 53.2 cm³/mol. The van der Waals surface area contributed by atoms with Crippen molar-refractivity contribution in [2.45, 2.75) is 38.2 Å². The maximum absolute atomic E-state index is 12.2. The maximum atomic E-state index is 12.2. The normalized spacial score (nSPS) is 16.6. The molecule has 0 radical (unpaired) electrons. The Bertz CT molecular complexity index is 282. The number of nitrogens with one attached hydrogen (secondary N) is 1. The van der Waals surface area contributed by atoms with Crippen LogP contribution in [0.1, 0.15) is 20.3 Å². The molecule has 1 atom stereocenters. The van der Waals surface area contributed by atoms with Crippen molar-refractivity contribution in [1.82, 2.24) is 5.32 Å². The molecule has 2 nitrogen and oxygen atoms in total. The highest BCUT2D eigenvalue weighted by Crippen LogP contribution is 2.39. The van der Waals surface area contributed by atoms with Crippen molar-refractivity contribution in [3.05, 3.63) is 0 Å². The summed E-state index contributed by atoms with van der Waals surface area (Å²) in [7, 11) is 0. The molecule has 108 valence electrons. The fourth-order valence-electron chi connectivity index (χ4n) is 1.07. The average molecular weight is 300 g/mol. The molecule has 0 aliphatic rings. The summed E-state index contributed by atoms with van der Waals surface area (Å²) in [6, 6.07) is 0. The van der Waals surface area contributed by atoms with Crippen molar-refractivity contribution in [1.29, 1.82) is 0 Å². The second-order valence-corrected chi connectivity index (χ2v) is 4.32. The molecule has 0 fully saturated rings. The van der Waals surface area contributed by atoms with Crippen LogP contribution in [-0.2, 0) is 4.79 Å². The third-order valence-electron chi connectivity index (χ3n) is 2.42. The van der Waals surface area contributed by atoms with Gasteiger partial charge in [-0.05, 0) is 13.3 Å². The molecule has 1 unspecified atom stereocenters. The van der Waals surface area contributed by atoms with E-state index in [2.05, 4.69) is 0 Å². The maximum Gasteiger partial charge on any atom is 0.409 e. The molecule has 0 saturated carbocycles. The molecular weight excluding hydrogens is 288 g/mol. The summed E-state index contributed by atoms with van der Waals surface area (Å²) in [5.41, 5.74) is -1.31. The number of carbonyl (C=O) groups is 1. The highest BCUT2D eigenvalue weighted by atomic mass is 35.5. The van der Waals surface area contributed by atoms with Gasteiger partial charge in [-0.25, -0.2) is 0 Å². The van der Waals surface area contributed by atoms with E-state index in [0.29, 0.717) is 0 Å². The number of rotatable bonds is 4. The van der Waals surface area contributed by atoms with Gasteiger partial charge in [0, 0.05) is 5.88 Å². The Balaban J connectivity index is 5.14. The Kier molecular flexibility index (Phi) is 5.34. The number of amides is 1. The number of carbonyl (C=O) groups excluding carboxylic acids is 1. The lowest BCUT2D eigenvalue weighted by atomic mass is 9.99. The van der Waals surface area contributed by atoms with E-state index in [1.807, 2.05) is 0 Å². The number of halogens is 7. The molecule has 0 aliphatic heterocycles. The van der Waals surface area contributed by atoms with E-state index in [1.54, 1.807) is 5.32 Å². The first-order valence-corrected chi connectivity index (χ1v) is 5.42. The average Bonchev–Trinajstić information content (AvgIpc) is 2.12. The van der Waals surface area contributed by atoms with Gasteiger partial charge in [0.05, 0.1) is 5.54 Å². The predicted octanol–water partition coefficient (Wildman–Crippen LogP) is 3.25. The first kappa shape index (κ1) is 17.3. The molecule has 0 aromatic heterocycles. The minimum atomic E-state index is -5.69. The van der Waals surface area contributed by atoms with E-state index < -0.39 is 29.7 Å². The topological polar surface area (TPSA) is 29.1 Å². The number of hydrogen-bond acceptors (Lipinski definition) is 1. The second kappa shape index (κ2) is 5.54. The highest BCUT2D eigenvalue weighted by molar-refractivity contribution is 6.18. The van der Waals surface area contributed by atoms with Crippen LogP contribution in [0.25, 0.3) is 0 Å². The van der Waals surface area contributed by atoms with Gasteiger partial charge in [-0.2, -0.15) is 26.3 Å². The van der Waals surface area contributed by atoms with Crippen LogP contribution < -0.4 is 5.32 Å². The minimum Gasteiger partial charge on any atom is -0.349 e. The van der Waals surface area contributed by atoms with Crippen LogP contribution in [0.2, 0.25) is 0 Å². The lowest BCUT2D eigenvalue weighted by Crippen LogP contribution is -2.55. The van der Waals surface area contributed by atoms with Crippen LogP contribution >= 0.6 is 11.6 Å². The third-order valence-corrected chi connectivity index (χ3v) is 3.01. The molecule has 0 aliphatic carbocycles. The van der Waals surface area contributed by atoms with Gasteiger partial charge in [-0.15, -0.1) is 11.6 Å². The Morgan fingerprint density at radius 1 is 1.17 bits per heavy atom. The van der Waals surface area contributed by atoms with Crippen molar-refractivity contribution in [2.24, 2.45) is 5.92 Å². The summed E-state index contributed by atoms with van der Waals surface area (Å²) in [6.45, 7) is 2.75. The SMILES string of the molecule is CCC(C)(CCl)NC(=O)C(C(F)(F)F)C(F)(F)F. The summed E-state index contributed by atoms with van der Waals surface area (Å²) in [5, 5.41) is 1.70. The van der Waals surface area contributed by atoms with Crippen molar-refractivity contribution in [2.75, 3.05) is 5.88 Å². The molecule has 0 aromatic rings. The van der Waals surface area contributed by atoms with Crippen molar-refractivity contribution in [3.63, 3.8) is 0 Å². The van der Waals surface area contributed by atoms with Crippen LogP contribution in [0.4, 0.5) is 26.3 Å². The standard InChI is InChI=1S/C9H12ClF6NO/c1-3-7(2,4-10)17-6(18)5(8(11,12)13)9(14,15)16/h5H,3-4H2,1-2H3,(H,17,18). The molecule has 0 heterocycles. The fraction of sp³-hybridized carbons (Fsp3) is 0.889. The summed E-state index contributed by atoms with van der Waals surface area (Å²) < 4.78 is 73.4. The molecule has 18 heavy (non-hydrogen) atoms. The Labute approximate surface area is 105 Å². The zero-order valence-electron chi connectivity index (χ0n) is 9.55. The first-order chi connectivity index (χ1) is 7.87. The molecule has 0 spiro atoms. The molecule has 0 bridgehead atoms. The van der Waals surface area contributed by atoms with Gasteiger partial charge in [-0.1, -0.05) is 6.92 Å². The van der Waals surface area contributed by atoms with Crippen molar-refractivity contribution < 1.29 is 31.1 Å². The zero-order chi connectivity index (χ0) is 14.8. The molecule has 1 amide bonds. The largest absolute Gasteiger partial charge is 0.409 e. The Hall–Kier alpha value is -0.660. The smallest absolute Gasteiger partial charge is 0.349 e. The molecule has 0 aromatic carbocycles. The van der Waals surface area contributed by atoms with E-state index in [-0.39, 0.29) is 12.3 Å². The molecular formula is C9H12ClF6NO. The van der Waals surface area contributed by atoms with Crippen molar-refractivity contribution in [3.8, 4) is 0 Å². The second-order valence-electron chi connectivity index (χ2n) is 4.05. The molecule has 0 saturated heterocycles. The van der Waals surface area contributed by atoms with E-state index in [4.69, 9.17) is 11.6 Å². The quantitative estimate of drug-likeness (QED) is 0.626. The zero-order valence-corrected chi connectivity index (χ0v) is 10.3. The van der Waals surface area contributed by atoms with Gasteiger partial charge in [0.15, 0.2) is 0 Å². The highest BCUT2D eigenvalue weighted by Gasteiger charge is 2.61. The number of alkyl halides is 7. The molecule has 1 N–H and O–H groups in total. The molecule has 0 rings (SSSR count). The van der Waals surface area contributed by atoms with Gasteiger partial charge < -0.3 is 5.32 Å². The summed E-state index contributed by atoms with van der Waals surface area (Å²) in [5.74, 6) is -6.48. The van der Waals surface area contributed by atoms with Gasteiger partial charge in [-0.3, -0.25) is 4.79 Å². The first-order valence-electron chi connectivity index (χ1n) is 4.89. The van der Waals surface area contributed by atoms with E-state index in [0.717, 1.165) is 0 Å². The van der Waals surface area contributed by atoms with Crippen LogP contribution in [0.3, 0.4) is 0 Å². The van der Waals surface area contributed by atoms with Gasteiger partial charge >= 0.3 is 12.4 Å². The molecule has 9 heteroatoms. The summed E-state index contributed by atoms with van der Waals surface area (Å²) in [6.07, 6.45) is -11.3. The monoisotopic (exact) mass is 299 g/mol. The third kappa shape index (κ3) is 4.55. The van der Waals surface area contributed by atoms with Gasteiger partial charge in [0.2, 0.25) is 11.8 Å². The summed E-state index contributed by atoms with van der Waals surface area (Å²) >= 11 is 5.41. The number of hydrogen-bond donors (Lipinski definition) is 1. The lowest BCUT2D eigenvalue weighted by Gasteiger charge is -2.30. The van der Waals surface area contributed by atoms with E-state index in [1.165, 1.54) is 13.8 Å². The Morgan fingerprint density at radius 2 is 1.56 bits per heavy atom. The van der Waals surface area contributed by atoms with Crippen LogP contribution in [0, 0.1) is 5.92 Å². The Morgan fingerprint density at radius 3 is 1.78 bits per heavy atom. The fourth-order valence-corrected chi connectivity index (χ4v) is 1.32. The van der Waals surface area contributed by atoms with E-state index >= 15 is 0 Å². The lowest BCUT2D eigenvalue weighted by molar-refractivity contribution is -0.274. The van der Waals surface area contributed by atoms with Crippen LogP contribution in [0.15, 0.2) is 0 Å². The van der Waals surface area contributed by atoms with Crippen molar-refractivity contribution >= 4 is 17.5 Å². The van der Waals surface area contributed by atoms with Crippen LogP contribution in [-0.4, -0.2) is 29.7 Å². The van der Waals surface area contributed by atoms with Crippen LogP contribution in [0.5, 0.6) is 0 Å².